The van der Waals surface area contributed by atoms with Crippen LogP contribution in [0.25, 0.3) is 11.0 Å². The number of para-hydroxylation sites is 1. The van der Waals surface area contributed by atoms with Gasteiger partial charge in [0, 0.05) is 17.4 Å². The molecule has 1 aliphatic carbocycles. The molecule has 0 N–H and O–H groups in total. The van der Waals surface area contributed by atoms with Gasteiger partial charge in [-0.2, -0.15) is 0 Å². The van der Waals surface area contributed by atoms with E-state index in [2.05, 4.69) is 0 Å². The summed E-state index contributed by atoms with van der Waals surface area (Å²) in [5, 5.41) is 0.913. The molecule has 3 heteroatoms. The van der Waals surface area contributed by atoms with Crippen molar-refractivity contribution >= 4 is 16.8 Å². The molecular weight excluding hydrogens is 288 g/mol. The summed E-state index contributed by atoms with van der Waals surface area (Å²) in [6.45, 7) is 0. The highest BCUT2D eigenvalue weighted by Gasteiger charge is 2.24. The van der Waals surface area contributed by atoms with Crippen molar-refractivity contribution in [2.75, 3.05) is 7.11 Å². The molecule has 116 valence electrons. The van der Waals surface area contributed by atoms with Gasteiger partial charge in [0.2, 0.25) is 0 Å². The lowest BCUT2D eigenvalue weighted by Gasteiger charge is -2.09. The van der Waals surface area contributed by atoms with Crippen LogP contribution in [0.4, 0.5) is 0 Å². The van der Waals surface area contributed by atoms with Gasteiger partial charge in [0.25, 0.3) is 0 Å². The molecule has 1 heterocycles. The molecular formula is C20H18O3. The third-order valence-electron chi connectivity index (χ3n) is 4.55. The number of fused-ring (bicyclic) bond motifs is 4. The Labute approximate surface area is 134 Å². The van der Waals surface area contributed by atoms with Crippen molar-refractivity contribution in [1.82, 2.24) is 0 Å². The van der Waals surface area contributed by atoms with Gasteiger partial charge in [-0.05, 0) is 49.1 Å². The predicted molar refractivity (Wildman–Crippen MR) is 89.3 cm³/mol. The van der Waals surface area contributed by atoms with E-state index in [1.807, 2.05) is 42.5 Å². The number of ketones is 1. The Morgan fingerprint density at radius 2 is 1.87 bits per heavy atom. The minimum absolute atomic E-state index is 0.0597. The Morgan fingerprint density at radius 1 is 1.04 bits per heavy atom. The lowest BCUT2D eigenvalue weighted by atomic mass is 9.95. The second kappa shape index (κ2) is 5.58. The van der Waals surface area contributed by atoms with Crippen LogP contribution in [0.1, 0.15) is 40.1 Å². The molecule has 1 aliphatic rings. The first kappa shape index (κ1) is 14.1. The number of methoxy groups -OCH3 is 1. The smallest absolute Gasteiger partial charge is 0.197 e. The molecule has 3 aromatic rings. The maximum atomic E-state index is 13.2. The van der Waals surface area contributed by atoms with Crippen LogP contribution in [-0.2, 0) is 12.8 Å². The minimum atomic E-state index is 0.0597. The Balaban J connectivity index is 1.94. The van der Waals surface area contributed by atoms with Crippen molar-refractivity contribution in [3.8, 4) is 5.75 Å². The van der Waals surface area contributed by atoms with Crippen LogP contribution >= 0.6 is 0 Å². The summed E-state index contributed by atoms with van der Waals surface area (Å²) in [6, 6.07) is 13.5. The summed E-state index contributed by atoms with van der Waals surface area (Å²) in [5.74, 6) is 1.68. The molecule has 0 atom stereocenters. The molecule has 0 amide bonds. The Hall–Kier alpha value is -2.55. The van der Waals surface area contributed by atoms with Crippen molar-refractivity contribution in [1.29, 1.82) is 0 Å². The Bertz CT molecular complexity index is 889. The van der Waals surface area contributed by atoms with Gasteiger partial charge in [0.1, 0.15) is 17.1 Å². The predicted octanol–water partition coefficient (Wildman–Crippen LogP) is 4.55. The van der Waals surface area contributed by atoms with E-state index < -0.39 is 0 Å². The summed E-state index contributed by atoms with van der Waals surface area (Å²) in [7, 11) is 1.65. The normalized spacial score (nSPS) is 14.6. The molecule has 0 unspecified atom stereocenters. The standard InChI is InChI=1S/C20H18O3/c1-22-14-10-11-15-13(12-14)6-2-4-9-18-19(20(15)21)16-7-3-5-8-17(16)23-18/h3,5,7-8,10-12H,2,4,6,9H2,1H3. The lowest BCUT2D eigenvalue weighted by molar-refractivity contribution is 0.103. The highest BCUT2D eigenvalue weighted by atomic mass is 16.5. The summed E-state index contributed by atoms with van der Waals surface area (Å²) in [4.78, 5) is 13.2. The minimum Gasteiger partial charge on any atom is -0.497 e. The van der Waals surface area contributed by atoms with Crippen LogP contribution in [0.15, 0.2) is 46.9 Å². The van der Waals surface area contributed by atoms with Gasteiger partial charge < -0.3 is 9.15 Å². The monoisotopic (exact) mass is 306 g/mol. The van der Waals surface area contributed by atoms with E-state index in [1.54, 1.807) is 7.11 Å². The number of hydrogen-bond acceptors (Lipinski definition) is 3. The molecule has 0 radical (unpaired) electrons. The van der Waals surface area contributed by atoms with Crippen LogP contribution in [0.2, 0.25) is 0 Å². The van der Waals surface area contributed by atoms with Crippen molar-refractivity contribution in [2.45, 2.75) is 25.7 Å². The van der Waals surface area contributed by atoms with Gasteiger partial charge >= 0.3 is 0 Å². The zero-order chi connectivity index (χ0) is 15.8. The lowest BCUT2D eigenvalue weighted by Crippen LogP contribution is -2.06. The summed E-state index contributed by atoms with van der Waals surface area (Å²) < 4.78 is 11.3. The zero-order valence-corrected chi connectivity index (χ0v) is 13.1. The van der Waals surface area contributed by atoms with Crippen LogP contribution in [0, 0.1) is 0 Å². The Kier molecular flexibility index (Phi) is 3.41. The molecule has 23 heavy (non-hydrogen) atoms. The number of carbonyl (C=O) groups excluding carboxylic acids is 1. The van der Waals surface area contributed by atoms with E-state index in [4.69, 9.17) is 9.15 Å². The molecule has 2 aromatic carbocycles. The second-order valence-electron chi connectivity index (χ2n) is 5.96. The van der Waals surface area contributed by atoms with Crippen LogP contribution < -0.4 is 4.74 Å². The Morgan fingerprint density at radius 3 is 2.74 bits per heavy atom. The maximum Gasteiger partial charge on any atom is 0.197 e. The van der Waals surface area contributed by atoms with Gasteiger partial charge in [-0.3, -0.25) is 4.79 Å². The van der Waals surface area contributed by atoms with Gasteiger partial charge in [-0.25, -0.2) is 0 Å². The molecule has 1 aromatic heterocycles. The molecule has 0 bridgehead atoms. The summed E-state index contributed by atoms with van der Waals surface area (Å²) in [6.07, 6.45) is 3.74. The van der Waals surface area contributed by atoms with Gasteiger partial charge in [-0.1, -0.05) is 18.2 Å². The first-order valence-corrected chi connectivity index (χ1v) is 8.00. The molecule has 0 fully saturated rings. The number of hydrogen-bond donors (Lipinski definition) is 0. The highest BCUT2D eigenvalue weighted by Crippen LogP contribution is 2.32. The van der Waals surface area contributed by atoms with E-state index in [1.165, 1.54) is 0 Å². The first-order valence-electron chi connectivity index (χ1n) is 8.00. The van der Waals surface area contributed by atoms with Gasteiger partial charge in [0.05, 0.1) is 12.7 Å². The zero-order valence-electron chi connectivity index (χ0n) is 13.1. The number of ether oxygens (including phenoxy) is 1. The average Bonchev–Trinajstić information content (AvgIpc) is 2.97. The van der Waals surface area contributed by atoms with E-state index in [0.29, 0.717) is 0 Å². The van der Waals surface area contributed by atoms with E-state index >= 15 is 0 Å². The van der Waals surface area contributed by atoms with Crippen molar-refractivity contribution < 1.29 is 13.9 Å². The van der Waals surface area contributed by atoms with Crippen molar-refractivity contribution in [3.05, 3.63) is 64.9 Å². The summed E-state index contributed by atoms with van der Waals surface area (Å²) in [5.41, 5.74) is 3.35. The van der Waals surface area contributed by atoms with Crippen LogP contribution in [0.5, 0.6) is 5.75 Å². The van der Waals surface area contributed by atoms with Gasteiger partial charge in [0.15, 0.2) is 5.78 Å². The number of aryl methyl sites for hydroxylation is 2. The molecule has 4 rings (SSSR count). The second-order valence-corrected chi connectivity index (χ2v) is 5.96. The SMILES string of the molecule is COc1ccc2c(c1)CCCCc1oc3ccccc3c1C2=O. The molecule has 0 saturated heterocycles. The molecule has 0 aliphatic heterocycles. The molecule has 0 saturated carbocycles. The van der Waals surface area contributed by atoms with Crippen molar-refractivity contribution in [3.63, 3.8) is 0 Å². The largest absolute Gasteiger partial charge is 0.497 e. The first-order chi connectivity index (χ1) is 11.3. The fraction of sp³-hybridized carbons (Fsp3) is 0.250. The van der Waals surface area contributed by atoms with Gasteiger partial charge in [-0.15, -0.1) is 0 Å². The number of rotatable bonds is 1. The number of carbonyl (C=O) groups is 1. The number of furan rings is 1. The topological polar surface area (TPSA) is 39.4 Å². The van der Waals surface area contributed by atoms with Crippen LogP contribution in [-0.4, -0.2) is 12.9 Å². The number of benzene rings is 2. The maximum absolute atomic E-state index is 13.2. The van der Waals surface area contributed by atoms with E-state index in [0.717, 1.165) is 64.9 Å². The fourth-order valence-electron chi connectivity index (χ4n) is 3.38. The van der Waals surface area contributed by atoms with E-state index in [-0.39, 0.29) is 5.78 Å². The highest BCUT2D eigenvalue weighted by molar-refractivity contribution is 6.17. The summed E-state index contributed by atoms with van der Waals surface area (Å²) >= 11 is 0. The third-order valence-corrected chi connectivity index (χ3v) is 4.55. The molecule has 3 nitrogen and oxygen atoms in total. The fourth-order valence-corrected chi connectivity index (χ4v) is 3.38. The average molecular weight is 306 g/mol. The molecule has 0 spiro atoms. The van der Waals surface area contributed by atoms with E-state index in [9.17, 15) is 4.79 Å². The third kappa shape index (κ3) is 2.33. The quantitative estimate of drug-likeness (QED) is 0.662. The van der Waals surface area contributed by atoms with Crippen LogP contribution in [0.3, 0.4) is 0 Å². The van der Waals surface area contributed by atoms with Crippen molar-refractivity contribution in [2.24, 2.45) is 0 Å².